The molecule has 0 aliphatic rings. The molecule has 0 aliphatic carbocycles. The first kappa shape index (κ1) is 21.7. The molecule has 3 aromatic rings. The first-order chi connectivity index (χ1) is 14.9. The van der Waals surface area contributed by atoms with Gasteiger partial charge in [0.05, 0.1) is 12.2 Å². The van der Waals surface area contributed by atoms with Crippen LogP contribution in [-0.2, 0) is 6.54 Å². The second-order valence-corrected chi connectivity index (χ2v) is 6.43. The van der Waals surface area contributed by atoms with Crippen LogP contribution in [0, 0.1) is 11.6 Å². The summed E-state index contributed by atoms with van der Waals surface area (Å²) in [5, 5.41) is 15.3. The number of hydrogen-bond acceptors (Lipinski definition) is 5. The summed E-state index contributed by atoms with van der Waals surface area (Å²) in [7, 11) is 0. The molecule has 1 aromatic heterocycles. The van der Waals surface area contributed by atoms with Crippen molar-refractivity contribution in [2.24, 2.45) is 0 Å². The fourth-order valence-electron chi connectivity index (χ4n) is 2.79. The van der Waals surface area contributed by atoms with Gasteiger partial charge < -0.3 is 20.5 Å². The molecular weight excluding hydrogens is 408 g/mol. The summed E-state index contributed by atoms with van der Waals surface area (Å²) in [4.78, 5) is 28.7. The van der Waals surface area contributed by atoms with Gasteiger partial charge in [-0.15, -0.1) is 0 Å². The molecule has 0 aliphatic heterocycles. The van der Waals surface area contributed by atoms with Crippen molar-refractivity contribution >= 4 is 17.5 Å². The normalized spacial score (nSPS) is 10.4. The smallest absolute Gasteiger partial charge is 0.255 e. The molecule has 0 fully saturated rings. The van der Waals surface area contributed by atoms with E-state index < -0.39 is 23.4 Å². The quantitative estimate of drug-likeness (QED) is 0.535. The summed E-state index contributed by atoms with van der Waals surface area (Å²) in [5.74, 6) is -3.07. The first-order valence-electron chi connectivity index (χ1n) is 9.32. The standard InChI is InChI=1S/C22H19F2N3O4/c1-2-31-22-13(4-3-7-25-22)12-26-21(30)18-6-5-17(11-19(18)28)27-20(29)14-8-15(23)10-16(24)9-14/h3-11,28H,2,12H2,1H3,(H,26,30)(H,27,29). The number of hydrogen-bond donors (Lipinski definition) is 3. The van der Waals surface area contributed by atoms with Gasteiger partial charge in [0.1, 0.15) is 17.4 Å². The molecule has 2 amide bonds. The molecule has 0 spiro atoms. The second-order valence-electron chi connectivity index (χ2n) is 6.43. The van der Waals surface area contributed by atoms with Gasteiger partial charge in [0.15, 0.2) is 0 Å². The van der Waals surface area contributed by atoms with Crippen molar-refractivity contribution in [2.75, 3.05) is 11.9 Å². The summed E-state index contributed by atoms with van der Waals surface area (Å²) >= 11 is 0. The molecule has 0 saturated heterocycles. The Labute approximate surface area is 176 Å². The van der Waals surface area contributed by atoms with Crippen LogP contribution in [0.5, 0.6) is 11.6 Å². The number of carbonyl (C=O) groups is 2. The molecule has 0 radical (unpaired) electrons. The predicted octanol–water partition coefficient (Wildman–Crippen LogP) is 3.65. The van der Waals surface area contributed by atoms with Gasteiger partial charge in [-0.1, -0.05) is 6.07 Å². The SMILES string of the molecule is CCOc1ncccc1CNC(=O)c1ccc(NC(=O)c2cc(F)cc(F)c2)cc1O. The van der Waals surface area contributed by atoms with Crippen molar-refractivity contribution < 1.29 is 28.2 Å². The van der Waals surface area contributed by atoms with E-state index in [1.165, 1.54) is 12.1 Å². The van der Waals surface area contributed by atoms with Crippen LogP contribution in [-0.4, -0.2) is 28.5 Å². The molecule has 0 saturated carbocycles. The number of phenolic OH excluding ortho intramolecular Hbond substituents is 1. The Morgan fingerprint density at radius 2 is 1.81 bits per heavy atom. The van der Waals surface area contributed by atoms with Crippen molar-refractivity contribution in [3.63, 3.8) is 0 Å². The van der Waals surface area contributed by atoms with E-state index in [4.69, 9.17) is 4.74 Å². The highest BCUT2D eigenvalue weighted by Gasteiger charge is 2.15. The van der Waals surface area contributed by atoms with Crippen molar-refractivity contribution in [3.05, 3.63) is 83.1 Å². The van der Waals surface area contributed by atoms with E-state index in [-0.39, 0.29) is 29.1 Å². The number of rotatable bonds is 7. The monoisotopic (exact) mass is 427 g/mol. The molecule has 2 aromatic carbocycles. The molecule has 31 heavy (non-hydrogen) atoms. The molecule has 0 bridgehead atoms. The minimum atomic E-state index is -0.888. The zero-order chi connectivity index (χ0) is 22.4. The van der Waals surface area contributed by atoms with Gasteiger partial charge in [-0.25, -0.2) is 13.8 Å². The van der Waals surface area contributed by atoms with Crippen LogP contribution < -0.4 is 15.4 Å². The maximum atomic E-state index is 13.3. The largest absolute Gasteiger partial charge is 0.507 e. The van der Waals surface area contributed by atoms with Crippen molar-refractivity contribution in [1.82, 2.24) is 10.3 Å². The number of halogens is 2. The number of nitrogens with one attached hydrogen (secondary N) is 2. The van der Waals surface area contributed by atoms with Crippen LogP contribution in [0.3, 0.4) is 0 Å². The molecule has 0 unspecified atom stereocenters. The average molecular weight is 427 g/mol. The molecule has 9 heteroatoms. The van der Waals surface area contributed by atoms with Crippen LogP contribution in [0.1, 0.15) is 33.2 Å². The first-order valence-corrected chi connectivity index (χ1v) is 9.32. The Morgan fingerprint density at radius 1 is 1.06 bits per heavy atom. The Hall–Kier alpha value is -4.01. The summed E-state index contributed by atoms with van der Waals surface area (Å²) in [6, 6.07) is 9.76. The zero-order valence-electron chi connectivity index (χ0n) is 16.5. The van der Waals surface area contributed by atoms with Crippen LogP contribution in [0.25, 0.3) is 0 Å². The molecule has 7 nitrogen and oxygen atoms in total. The maximum absolute atomic E-state index is 13.3. The van der Waals surface area contributed by atoms with Crippen LogP contribution in [0.4, 0.5) is 14.5 Å². The Bertz CT molecular complexity index is 1100. The lowest BCUT2D eigenvalue weighted by Crippen LogP contribution is -2.23. The average Bonchev–Trinajstić information content (AvgIpc) is 2.72. The summed E-state index contributed by atoms with van der Waals surface area (Å²) < 4.78 is 32.0. The third-order valence-electron chi connectivity index (χ3n) is 4.20. The number of pyridine rings is 1. The molecule has 0 atom stereocenters. The Morgan fingerprint density at radius 3 is 2.48 bits per heavy atom. The van der Waals surface area contributed by atoms with Gasteiger partial charge in [0.2, 0.25) is 5.88 Å². The molecule has 3 rings (SSSR count). The van der Waals surface area contributed by atoms with Crippen LogP contribution in [0.2, 0.25) is 0 Å². The fourth-order valence-corrected chi connectivity index (χ4v) is 2.79. The number of benzene rings is 2. The van der Waals surface area contributed by atoms with E-state index in [1.54, 1.807) is 18.3 Å². The summed E-state index contributed by atoms with van der Waals surface area (Å²) in [6.45, 7) is 2.37. The second kappa shape index (κ2) is 9.66. The summed E-state index contributed by atoms with van der Waals surface area (Å²) in [6.07, 6.45) is 1.58. The maximum Gasteiger partial charge on any atom is 0.255 e. The number of ether oxygens (including phenoxy) is 1. The lowest BCUT2D eigenvalue weighted by Gasteiger charge is -2.11. The number of aromatic nitrogens is 1. The van der Waals surface area contributed by atoms with Crippen molar-refractivity contribution in [3.8, 4) is 11.6 Å². The summed E-state index contributed by atoms with van der Waals surface area (Å²) in [5.41, 5.74) is 0.579. The number of aromatic hydroxyl groups is 1. The lowest BCUT2D eigenvalue weighted by atomic mass is 10.1. The minimum absolute atomic E-state index is 0.0170. The van der Waals surface area contributed by atoms with Crippen molar-refractivity contribution in [1.29, 1.82) is 0 Å². The third kappa shape index (κ3) is 5.53. The number of nitrogens with zero attached hydrogens (tertiary/aromatic N) is 1. The number of amides is 2. The third-order valence-corrected chi connectivity index (χ3v) is 4.20. The lowest BCUT2D eigenvalue weighted by molar-refractivity contribution is 0.0947. The van der Waals surface area contributed by atoms with Gasteiger partial charge in [0.25, 0.3) is 11.8 Å². The van der Waals surface area contributed by atoms with E-state index in [0.717, 1.165) is 18.2 Å². The highest BCUT2D eigenvalue weighted by molar-refractivity contribution is 6.05. The van der Waals surface area contributed by atoms with Crippen LogP contribution >= 0.6 is 0 Å². The van der Waals surface area contributed by atoms with E-state index in [2.05, 4.69) is 15.6 Å². The Balaban J connectivity index is 1.67. The van der Waals surface area contributed by atoms with Gasteiger partial charge in [-0.2, -0.15) is 0 Å². The van der Waals surface area contributed by atoms with Crippen LogP contribution in [0.15, 0.2) is 54.7 Å². The van der Waals surface area contributed by atoms with Gasteiger partial charge in [-0.05, 0) is 37.3 Å². The number of carbonyl (C=O) groups excluding carboxylic acids is 2. The van der Waals surface area contributed by atoms with Gasteiger partial charge >= 0.3 is 0 Å². The topological polar surface area (TPSA) is 101 Å². The molecular formula is C22H19F2N3O4. The number of anilines is 1. The molecule has 160 valence electrons. The highest BCUT2D eigenvalue weighted by Crippen LogP contribution is 2.23. The van der Waals surface area contributed by atoms with Crippen molar-refractivity contribution in [2.45, 2.75) is 13.5 Å². The van der Waals surface area contributed by atoms with E-state index in [0.29, 0.717) is 24.1 Å². The molecule has 3 N–H and O–H groups in total. The van der Waals surface area contributed by atoms with E-state index >= 15 is 0 Å². The fraction of sp³-hybridized carbons (Fsp3) is 0.136. The highest BCUT2D eigenvalue weighted by atomic mass is 19.1. The number of phenols is 1. The Kier molecular flexibility index (Phi) is 6.76. The van der Waals surface area contributed by atoms with E-state index in [1.807, 2.05) is 6.92 Å². The van der Waals surface area contributed by atoms with Gasteiger partial charge in [-0.3, -0.25) is 9.59 Å². The zero-order valence-corrected chi connectivity index (χ0v) is 16.5. The molecule has 1 heterocycles. The van der Waals surface area contributed by atoms with E-state index in [9.17, 15) is 23.5 Å². The predicted molar refractivity (Wildman–Crippen MR) is 109 cm³/mol. The minimum Gasteiger partial charge on any atom is -0.507 e. The van der Waals surface area contributed by atoms with Gasteiger partial charge in [0, 0.05) is 41.7 Å².